The Morgan fingerprint density at radius 2 is 1.71 bits per heavy atom. The van der Waals surface area contributed by atoms with Gasteiger partial charge in [-0.2, -0.15) is 0 Å². The van der Waals surface area contributed by atoms with Crippen LogP contribution in [0.25, 0.3) is 21.9 Å². The average molecular weight is 336 g/mol. The molecule has 0 atom stereocenters. The van der Waals surface area contributed by atoms with Gasteiger partial charge < -0.3 is 4.74 Å². The zero-order valence-electron chi connectivity index (χ0n) is 12.6. The van der Waals surface area contributed by atoms with E-state index in [0.717, 1.165) is 21.4 Å². The molecule has 0 saturated heterocycles. The number of benzene rings is 3. The van der Waals surface area contributed by atoms with E-state index in [-0.39, 0.29) is 11.8 Å². The van der Waals surface area contributed by atoms with Gasteiger partial charge in [-0.15, -0.1) is 0 Å². The molecule has 2 amide bonds. The van der Waals surface area contributed by atoms with Crippen molar-refractivity contribution in [3.8, 4) is 22.6 Å². The first-order valence-electron chi connectivity index (χ1n) is 7.47. The van der Waals surface area contributed by atoms with Gasteiger partial charge >= 0.3 is 0 Å². The normalized spacial score (nSPS) is 14.7. The highest BCUT2D eigenvalue weighted by molar-refractivity contribution is 6.38. The molecule has 0 radical (unpaired) electrons. The maximum Gasteiger partial charge on any atom is 0.261 e. The molecule has 0 aromatic heterocycles. The quantitative estimate of drug-likeness (QED) is 0.445. The van der Waals surface area contributed by atoms with Gasteiger partial charge in [-0.3, -0.25) is 14.5 Å². The van der Waals surface area contributed by atoms with E-state index in [0.29, 0.717) is 33.0 Å². The number of fused-ring (bicyclic) bond motifs is 4. The topological polar surface area (TPSA) is 46.6 Å². The van der Waals surface area contributed by atoms with E-state index < -0.39 is 0 Å². The first kappa shape index (κ1) is 13.6. The van der Waals surface area contributed by atoms with Crippen LogP contribution < -0.4 is 4.74 Å². The summed E-state index contributed by atoms with van der Waals surface area (Å²) in [6.07, 6.45) is 0. The van der Waals surface area contributed by atoms with E-state index in [1.807, 2.05) is 24.3 Å². The Morgan fingerprint density at radius 1 is 0.917 bits per heavy atom. The van der Waals surface area contributed by atoms with Gasteiger partial charge in [-0.25, -0.2) is 0 Å². The van der Waals surface area contributed by atoms with Gasteiger partial charge in [-0.05, 0) is 24.3 Å². The summed E-state index contributed by atoms with van der Waals surface area (Å²) >= 11 is 6.37. The molecule has 0 bridgehead atoms. The SMILES string of the molecule is CN1C(=O)c2cc3c(Cl)ccc4c3c(c2C1=O)-c1ccccc1O4. The van der Waals surface area contributed by atoms with Crippen molar-refractivity contribution >= 4 is 34.2 Å². The molecule has 0 saturated carbocycles. The number of para-hydroxylation sites is 1. The van der Waals surface area contributed by atoms with Gasteiger partial charge in [-0.1, -0.05) is 29.8 Å². The molecule has 2 aliphatic rings. The Bertz CT molecular complexity index is 1100. The Morgan fingerprint density at radius 3 is 2.54 bits per heavy atom. The Labute approximate surface area is 142 Å². The number of rotatable bonds is 0. The van der Waals surface area contributed by atoms with E-state index in [4.69, 9.17) is 16.3 Å². The van der Waals surface area contributed by atoms with Crippen molar-refractivity contribution in [1.29, 1.82) is 0 Å². The van der Waals surface area contributed by atoms with Crippen LogP contribution in [0.2, 0.25) is 5.02 Å². The van der Waals surface area contributed by atoms with Crippen molar-refractivity contribution in [2.24, 2.45) is 0 Å². The van der Waals surface area contributed by atoms with Crippen molar-refractivity contribution in [3.05, 3.63) is 58.6 Å². The predicted octanol–water partition coefficient (Wildman–Crippen LogP) is 4.49. The highest BCUT2D eigenvalue weighted by Gasteiger charge is 2.38. The lowest BCUT2D eigenvalue weighted by Crippen LogP contribution is -2.24. The van der Waals surface area contributed by atoms with Crippen LogP contribution in [0.4, 0.5) is 0 Å². The van der Waals surface area contributed by atoms with Crippen LogP contribution in [0.3, 0.4) is 0 Å². The maximum atomic E-state index is 12.7. The number of halogens is 1. The largest absolute Gasteiger partial charge is 0.456 e. The third kappa shape index (κ3) is 1.49. The molecule has 0 spiro atoms. The molecule has 2 heterocycles. The number of amides is 2. The summed E-state index contributed by atoms with van der Waals surface area (Å²) in [5, 5.41) is 2.01. The minimum Gasteiger partial charge on any atom is -0.456 e. The molecular formula is C19H10ClNO3. The number of nitrogens with zero attached hydrogens (tertiary/aromatic N) is 1. The van der Waals surface area contributed by atoms with E-state index in [1.165, 1.54) is 7.05 Å². The van der Waals surface area contributed by atoms with Gasteiger partial charge in [0.1, 0.15) is 11.5 Å². The molecule has 0 aliphatic carbocycles. The molecule has 0 unspecified atom stereocenters. The summed E-state index contributed by atoms with van der Waals surface area (Å²) < 4.78 is 5.98. The lowest BCUT2D eigenvalue weighted by Gasteiger charge is -2.23. The smallest absolute Gasteiger partial charge is 0.261 e. The third-order valence-corrected chi connectivity index (χ3v) is 4.97. The van der Waals surface area contributed by atoms with Crippen LogP contribution in [0.1, 0.15) is 20.7 Å². The monoisotopic (exact) mass is 335 g/mol. The second kappa shape index (κ2) is 4.36. The van der Waals surface area contributed by atoms with Crippen molar-refractivity contribution in [2.75, 3.05) is 7.05 Å². The fourth-order valence-corrected chi connectivity index (χ4v) is 3.73. The second-order valence-corrected chi connectivity index (χ2v) is 6.32. The van der Waals surface area contributed by atoms with Crippen LogP contribution in [-0.2, 0) is 0 Å². The number of imide groups is 1. The van der Waals surface area contributed by atoms with E-state index in [9.17, 15) is 9.59 Å². The lowest BCUT2D eigenvalue weighted by molar-refractivity contribution is 0.0693. The minimum atomic E-state index is -0.307. The number of ether oxygens (including phenoxy) is 1. The fraction of sp³-hybridized carbons (Fsp3) is 0.0526. The third-order valence-electron chi connectivity index (χ3n) is 4.64. The maximum absolute atomic E-state index is 12.7. The minimum absolute atomic E-state index is 0.297. The molecule has 116 valence electrons. The Hall–Kier alpha value is -2.85. The first-order chi connectivity index (χ1) is 11.6. The molecule has 0 fully saturated rings. The summed E-state index contributed by atoms with van der Waals surface area (Å²) in [6, 6.07) is 12.7. The van der Waals surface area contributed by atoms with Gasteiger partial charge in [0, 0.05) is 34.0 Å². The van der Waals surface area contributed by atoms with Gasteiger partial charge in [0.15, 0.2) is 0 Å². The molecule has 5 heteroatoms. The van der Waals surface area contributed by atoms with Gasteiger partial charge in [0.2, 0.25) is 0 Å². The fourth-order valence-electron chi connectivity index (χ4n) is 3.52. The first-order valence-corrected chi connectivity index (χ1v) is 7.84. The molecule has 24 heavy (non-hydrogen) atoms. The van der Waals surface area contributed by atoms with Crippen LogP contribution in [0, 0.1) is 0 Å². The lowest BCUT2D eigenvalue weighted by atomic mass is 9.88. The number of hydrogen-bond donors (Lipinski definition) is 0. The van der Waals surface area contributed by atoms with Crippen molar-refractivity contribution < 1.29 is 14.3 Å². The molecule has 3 aromatic rings. The number of carbonyl (C=O) groups excluding carboxylic acids is 2. The van der Waals surface area contributed by atoms with Crippen LogP contribution in [0.15, 0.2) is 42.5 Å². The van der Waals surface area contributed by atoms with E-state index in [2.05, 4.69) is 0 Å². The highest BCUT2D eigenvalue weighted by atomic mass is 35.5. The van der Waals surface area contributed by atoms with Gasteiger partial charge in [0.05, 0.1) is 11.1 Å². The number of carbonyl (C=O) groups is 2. The van der Waals surface area contributed by atoms with E-state index in [1.54, 1.807) is 18.2 Å². The summed E-state index contributed by atoms with van der Waals surface area (Å²) in [7, 11) is 1.50. The summed E-state index contributed by atoms with van der Waals surface area (Å²) in [6.45, 7) is 0. The van der Waals surface area contributed by atoms with E-state index >= 15 is 0 Å². The van der Waals surface area contributed by atoms with Crippen molar-refractivity contribution in [3.63, 3.8) is 0 Å². The Balaban J connectivity index is 2.06. The Kier molecular flexibility index (Phi) is 2.47. The highest BCUT2D eigenvalue weighted by Crippen LogP contribution is 2.51. The predicted molar refractivity (Wildman–Crippen MR) is 90.9 cm³/mol. The summed E-state index contributed by atoms with van der Waals surface area (Å²) in [5.41, 5.74) is 2.34. The second-order valence-electron chi connectivity index (χ2n) is 5.91. The van der Waals surface area contributed by atoms with Crippen molar-refractivity contribution in [1.82, 2.24) is 4.90 Å². The number of hydrogen-bond acceptors (Lipinski definition) is 3. The zero-order chi connectivity index (χ0) is 16.6. The summed E-state index contributed by atoms with van der Waals surface area (Å²) in [5.74, 6) is 0.700. The molecule has 0 N–H and O–H groups in total. The zero-order valence-corrected chi connectivity index (χ0v) is 13.3. The molecule has 3 aromatic carbocycles. The molecule has 5 rings (SSSR count). The molecule has 4 nitrogen and oxygen atoms in total. The standard InChI is InChI=1S/C19H10ClNO3/c1-21-18(22)11-8-10-12(20)6-7-14-15(10)16(17(11)19(21)23)9-4-2-3-5-13(9)24-14/h2-8H,1H3. The molecular weight excluding hydrogens is 326 g/mol. The molecule has 2 aliphatic heterocycles. The van der Waals surface area contributed by atoms with Crippen molar-refractivity contribution in [2.45, 2.75) is 0 Å². The summed E-state index contributed by atoms with van der Waals surface area (Å²) in [4.78, 5) is 26.3. The van der Waals surface area contributed by atoms with Crippen LogP contribution in [-0.4, -0.2) is 23.8 Å². The average Bonchev–Trinajstić information content (AvgIpc) is 2.82. The van der Waals surface area contributed by atoms with Crippen LogP contribution >= 0.6 is 11.6 Å². The van der Waals surface area contributed by atoms with Gasteiger partial charge in [0.25, 0.3) is 11.8 Å². The van der Waals surface area contributed by atoms with Crippen LogP contribution in [0.5, 0.6) is 11.5 Å².